The fraction of sp³-hybridized carbons (Fsp3) is 0.353. The summed E-state index contributed by atoms with van der Waals surface area (Å²) in [6.07, 6.45) is 1.39. The van der Waals surface area contributed by atoms with Gasteiger partial charge in [-0.3, -0.25) is 4.79 Å². The van der Waals surface area contributed by atoms with E-state index < -0.39 is 5.60 Å². The van der Waals surface area contributed by atoms with E-state index in [0.717, 1.165) is 0 Å². The summed E-state index contributed by atoms with van der Waals surface area (Å²) in [7, 11) is 0. The Labute approximate surface area is 140 Å². The Kier molecular flexibility index (Phi) is 5.34. The van der Waals surface area contributed by atoms with Crippen LogP contribution in [0, 0.1) is 0 Å². The molecular formula is C17H20ClNO4. The smallest absolute Gasteiger partial charge is 0.255 e. The largest absolute Gasteiger partial charge is 0.490 e. The maximum atomic E-state index is 12.4. The second-order valence-corrected chi connectivity index (χ2v) is 6.18. The fourth-order valence-corrected chi connectivity index (χ4v) is 2.23. The molecule has 0 fully saturated rings. The minimum absolute atomic E-state index is 0.00697. The Morgan fingerprint density at radius 2 is 2.17 bits per heavy atom. The molecule has 0 aliphatic carbocycles. The van der Waals surface area contributed by atoms with Gasteiger partial charge in [0.25, 0.3) is 5.91 Å². The van der Waals surface area contributed by atoms with Crippen molar-refractivity contribution < 1.29 is 19.1 Å². The predicted octanol–water partition coefficient (Wildman–Crippen LogP) is 3.36. The Morgan fingerprint density at radius 1 is 1.43 bits per heavy atom. The molecule has 1 aromatic heterocycles. The predicted molar refractivity (Wildman–Crippen MR) is 87.8 cm³/mol. The normalized spacial score (nSPS) is 13.7. The van der Waals surface area contributed by atoms with Crippen molar-refractivity contribution in [2.75, 3.05) is 6.54 Å². The monoisotopic (exact) mass is 337 g/mol. The van der Waals surface area contributed by atoms with E-state index >= 15 is 0 Å². The maximum absolute atomic E-state index is 12.4. The van der Waals surface area contributed by atoms with Crippen molar-refractivity contribution in [2.45, 2.75) is 32.5 Å². The number of hydrogen-bond acceptors (Lipinski definition) is 4. The summed E-state index contributed by atoms with van der Waals surface area (Å²) < 4.78 is 10.8. The lowest BCUT2D eigenvalue weighted by molar-refractivity contribution is 0.0329. The lowest BCUT2D eigenvalue weighted by Crippen LogP contribution is -2.38. The van der Waals surface area contributed by atoms with Gasteiger partial charge in [-0.15, -0.1) is 0 Å². The lowest BCUT2D eigenvalue weighted by Gasteiger charge is -2.22. The summed E-state index contributed by atoms with van der Waals surface area (Å²) in [5.41, 5.74) is -0.988. The zero-order chi connectivity index (χ0) is 17.0. The number of carbonyl (C=O) groups is 1. The number of furan rings is 1. The summed E-state index contributed by atoms with van der Waals surface area (Å²) in [5, 5.41) is 13.5. The Morgan fingerprint density at radius 3 is 2.78 bits per heavy atom. The van der Waals surface area contributed by atoms with Crippen molar-refractivity contribution in [3.8, 4) is 5.75 Å². The molecule has 23 heavy (non-hydrogen) atoms. The van der Waals surface area contributed by atoms with Crippen LogP contribution in [0.25, 0.3) is 0 Å². The highest BCUT2D eigenvalue weighted by Crippen LogP contribution is 2.25. The third-order valence-corrected chi connectivity index (χ3v) is 3.43. The van der Waals surface area contributed by atoms with E-state index in [1.165, 1.54) is 12.3 Å². The van der Waals surface area contributed by atoms with Crippen LogP contribution in [0.1, 0.15) is 36.9 Å². The van der Waals surface area contributed by atoms with Crippen LogP contribution in [-0.4, -0.2) is 23.7 Å². The highest BCUT2D eigenvalue weighted by Gasteiger charge is 2.27. The second-order valence-electron chi connectivity index (χ2n) is 5.74. The molecule has 0 saturated carbocycles. The number of rotatable bonds is 6. The molecule has 0 saturated heterocycles. The second kappa shape index (κ2) is 7.06. The number of benzene rings is 1. The first-order valence-electron chi connectivity index (χ1n) is 7.30. The number of nitrogens with one attached hydrogen (secondary N) is 1. The SMILES string of the molecule is CC(C)Oc1ccc(Cl)cc1C(=O)NCC(C)(O)c1ccco1. The van der Waals surface area contributed by atoms with E-state index in [0.29, 0.717) is 22.1 Å². The first kappa shape index (κ1) is 17.4. The number of halogens is 1. The molecule has 0 aliphatic heterocycles. The minimum atomic E-state index is -1.31. The highest BCUT2D eigenvalue weighted by atomic mass is 35.5. The van der Waals surface area contributed by atoms with Gasteiger partial charge in [0.2, 0.25) is 0 Å². The molecule has 124 valence electrons. The molecule has 0 aliphatic rings. The van der Waals surface area contributed by atoms with E-state index in [1.54, 1.807) is 31.2 Å². The summed E-state index contributed by atoms with van der Waals surface area (Å²) in [6.45, 7) is 5.30. The topological polar surface area (TPSA) is 71.7 Å². The Bertz CT molecular complexity index is 665. The van der Waals surface area contributed by atoms with E-state index in [-0.39, 0.29) is 18.6 Å². The van der Waals surface area contributed by atoms with E-state index in [2.05, 4.69) is 5.32 Å². The maximum Gasteiger partial charge on any atom is 0.255 e. The lowest BCUT2D eigenvalue weighted by atomic mass is 10.0. The van der Waals surface area contributed by atoms with Crippen molar-refractivity contribution in [1.82, 2.24) is 5.32 Å². The molecular weight excluding hydrogens is 318 g/mol. The number of ether oxygens (including phenoxy) is 1. The highest BCUT2D eigenvalue weighted by molar-refractivity contribution is 6.31. The van der Waals surface area contributed by atoms with Crippen molar-refractivity contribution >= 4 is 17.5 Å². The molecule has 2 rings (SSSR count). The molecule has 1 atom stereocenters. The van der Waals surface area contributed by atoms with Gasteiger partial charge in [0, 0.05) is 5.02 Å². The van der Waals surface area contributed by atoms with Crippen LogP contribution < -0.4 is 10.1 Å². The molecule has 6 heteroatoms. The summed E-state index contributed by atoms with van der Waals surface area (Å²) >= 11 is 5.97. The average molecular weight is 338 g/mol. The zero-order valence-corrected chi connectivity index (χ0v) is 14.1. The van der Waals surface area contributed by atoms with Gasteiger partial charge < -0.3 is 19.6 Å². The van der Waals surface area contributed by atoms with Gasteiger partial charge in [-0.1, -0.05) is 11.6 Å². The first-order chi connectivity index (χ1) is 10.8. The summed E-state index contributed by atoms with van der Waals surface area (Å²) in [5.74, 6) is 0.442. The third-order valence-electron chi connectivity index (χ3n) is 3.19. The standard InChI is InChI=1S/C17H20ClNO4/c1-11(2)23-14-7-6-12(18)9-13(14)16(20)19-10-17(3,21)15-5-4-8-22-15/h4-9,11,21H,10H2,1-3H3,(H,19,20). The number of carbonyl (C=O) groups excluding carboxylic acids is 1. The van der Waals surface area contributed by atoms with Crippen LogP contribution >= 0.6 is 11.6 Å². The van der Waals surface area contributed by atoms with Crippen LogP contribution in [0.2, 0.25) is 5.02 Å². The molecule has 0 spiro atoms. The average Bonchev–Trinajstić information content (AvgIpc) is 3.01. The van der Waals surface area contributed by atoms with E-state index in [9.17, 15) is 9.90 Å². The fourth-order valence-electron chi connectivity index (χ4n) is 2.06. The Balaban J connectivity index is 2.13. The number of aliphatic hydroxyl groups is 1. The van der Waals surface area contributed by atoms with Crippen LogP contribution in [-0.2, 0) is 5.60 Å². The van der Waals surface area contributed by atoms with Gasteiger partial charge in [0.1, 0.15) is 17.1 Å². The Hall–Kier alpha value is -1.98. The van der Waals surface area contributed by atoms with Gasteiger partial charge in [0.15, 0.2) is 0 Å². The third kappa shape index (κ3) is 4.50. The van der Waals surface area contributed by atoms with Crippen molar-refractivity contribution in [3.05, 3.63) is 52.9 Å². The van der Waals surface area contributed by atoms with Gasteiger partial charge >= 0.3 is 0 Å². The number of hydrogen-bond donors (Lipinski definition) is 2. The zero-order valence-electron chi connectivity index (χ0n) is 13.3. The molecule has 2 N–H and O–H groups in total. The summed E-state index contributed by atoms with van der Waals surface area (Å²) in [6, 6.07) is 8.18. The first-order valence-corrected chi connectivity index (χ1v) is 7.68. The summed E-state index contributed by atoms with van der Waals surface area (Å²) in [4.78, 5) is 12.4. The molecule has 1 heterocycles. The molecule has 2 aromatic rings. The van der Waals surface area contributed by atoms with E-state index in [4.69, 9.17) is 20.8 Å². The molecule has 1 amide bonds. The minimum Gasteiger partial charge on any atom is -0.490 e. The van der Waals surface area contributed by atoms with Gasteiger partial charge in [0.05, 0.1) is 24.5 Å². The molecule has 5 nitrogen and oxygen atoms in total. The number of amides is 1. The van der Waals surface area contributed by atoms with Crippen molar-refractivity contribution in [3.63, 3.8) is 0 Å². The van der Waals surface area contributed by atoms with Crippen molar-refractivity contribution in [2.24, 2.45) is 0 Å². The molecule has 0 bridgehead atoms. The van der Waals surface area contributed by atoms with Crippen LogP contribution in [0.3, 0.4) is 0 Å². The molecule has 0 radical (unpaired) electrons. The van der Waals surface area contributed by atoms with Crippen LogP contribution in [0.5, 0.6) is 5.75 Å². The van der Waals surface area contributed by atoms with Gasteiger partial charge in [-0.05, 0) is 51.1 Å². The quantitative estimate of drug-likeness (QED) is 0.847. The van der Waals surface area contributed by atoms with Crippen LogP contribution in [0.15, 0.2) is 41.0 Å². The van der Waals surface area contributed by atoms with E-state index in [1.807, 2.05) is 13.8 Å². The van der Waals surface area contributed by atoms with Crippen molar-refractivity contribution in [1.29, 1.82) is 0 Å². The van der Waals surface area contributed by atoms with Crippen LogP contribution in [0.4, 0.5) is 0 Å². The van der Waals surface area contributed by atoms with Gasteiger partial charge in [-0.25, -0.2) is 0 Å². The molecule has 1 unspecified atom stereocenters. The molecule has 1 aromatic carbocycles. The van der Waals surface area contributed by atoms with Gasteiger partial charge in [-0.2, -0.15) is 0 Å².